The molecule has 3 N–H and O–H groups in total. The molecule has 1 aromatic carbocycles. The number of anilines is 2. The van der Waals surface area contributed by atoms with Gasteiger partial charge in [0.2, 0.25) is 0 Å². The first-order valence-electron chi connectivity index (χ1n) is 6.83. The number of carbonyl (C=O) groups excluding carboxylic acids is 1. The van der Waals surface area contributed by atoms with Crippen LogP contribution in [0.5, 0.6) is 0 Å². The van der Waals surface area contributed by atoms with Crippen LogP contribution in [0.3, 0.4) is 0 Å². The molecule has 0 radical (unpaired) electrons. The molecule has 0 bridgehead atoms. The van der Waals surface area contributed by atoms with Crippen molar-refractivity contribution in [3.05, 3.63) is 22.7 Å². The van der Waals surface area contributed by atoms with E-state index in [4.69, 9.17) is 5.11 Å². The molecule has 20 heavy (non-hydrogen) atoms. The lowest BCUT2D eigenvalue weighted by atomic mass is 10.2. The van der Waals surface area contributed by atoms with Crippen LogP contribution >= 0.6 is 15.9 Å². The van der Waals surface area contributed by atoms with Crippen LogP contribution in [0, 0.1) is 0 Å². The van der Waals surface area contributed by atoms with Crippen LogP contribution in [0.2, 0.25) is 0 Å². The van der Waals surface area contributed by atoms with Gasteiger partial charge in [-0.05, 0) is 38.0 Å². The highest BCUT2D eigenvalue weighted by atomic mass is 79.9. The molecule has 1 aliphatic rings. The molecule has 1 aliphatic heterocycles. The minimum absolute atomic E-state index is 0.0785. The first-order chi connectivity index (χ1) is 9.60. The maximum atomic E-state index is 11.9. The highest BCUT2D eigenvalue weighted by Crippen LogP contribution is 2.31. The third kappa shape index (κ3) is 3.86. The smallest absolute Gasteiger partial charge is 0.319 e. The van der Waals surface area contributed by atoms with Crippen molar-refractivity contribution in [2.24, 2.45) is 0 Å². The Morgan fingerprint density at radius 1 is 1.45 bits per heavy atom. The molecule has 1 aromatic rings. The zero-order valence-corrected chi connectivity index (χ0v) is 13.1. The Balaban J connectivity index is 2.12. The van der Waals surface area contributed by atoms with Crippen molar-refractivity contribution < 1.29 is 9.90 Å². The molecular formula is C14H20BrN3O2. The molecule has 0 spiro atoms. The first-order valence-corrected chi connectivity index (χ1v) is 7.62. The van der Waals surface area contributed by atoms with E-state index >= 15 is 0 Å². The van der Waals surface area contributed by atoms with Crippen LogP contribution < -0.4 is 15.5 Å². The van der Waals surface area contributed by atoms with Crippen LogP contribution in [-0.2, 0) is 0 Å². The SMILES string of the molecule is C[C@@H](CO)NC(=O)Nc1cc(Br)ccc1N1CCCC1. The highest BCUT2D eigenvalue weighted by molar-refractivity contribution is 9.10. The molecule has 5 nitrogen and oxygen atoms in total. The Morgan fingerprint density at radius 3 is 2.80 bits per heavy atom. The van der Waals surface area contributed by atoms with Gasteiger partial charge >= 0.3 is 6.03 Å². The van der Waals surface area contributed by atoms with Crippen molar-refractivity contribution in [3.63, 3.8) is 0 Å². The molecule has 0 aromatic heterocycles. The number of aliphatic hydroxyl groups excluding tert-OH is 1. The van der Waals surface area contributed by atoms with Gasteiger partial charge in [-0.3, -0.25) is 0 Å². The number of aliphatic hydroxyl groups is 1. The second-order valence-electron chi connectivity index (χ2n) is 5.04. The average Bonchev–Trinajstić information content (AvgIpc) is 2.92. The van der Waals surface area contributed by atoms with Gasteiger partial charge in [-0.2, -0.15) is 0 Å². The molecule has 2 amide bonds. The lowest BCUT2D eigenvalue weighted by molar-refractivity contribution is 0.229. The van der Waals surface area contributed by atoms with Gasteiger partial charge < -0.3 is 20.6 Å². The first kappa shape index (κ1) is 15.1. The predicted molar refractivity (Wildman–Crippen MR) is 84.3 cm³/mol. The molecule has 0 aliphatic carbocycles. The van der Waals surface area contributed by atoms with E-state index in [9.17, 15) is 4.79 Å². The van der Waals surface area contributed by atoms with E-state index in [0.29, 0.717) is 0 Å². The quantitative estimate of drug-likeness (QED) is 0.788. The number of hydrogen-bond acceptors (Lipinski definition) is 3. The van der Waals surface area contributed by atoms with Gasteiger partial charge in [0.1, 0.15) is 0 Å². The van der Waals surface area contributed by atoms with Crippen molar-refractivity contribution in [1.29, 1.82) is 0 Å². The number of nitrogens with zero attached hydrogens (tertiary/aromatic N) is 1. The molecule has 0 unspecified atom stereocenters. The number of hydrogen-bond donors (Lipinski definition) is 3. The monoisotopic (exact) mass is 341 g/mol. The zero-order valence-electron chi connectivity index (χ0n) is 11.5. The van der Waals surface area contributed by atoms with Crippen molar-refractivity contribution >= 4 is 33.3 Å². The van der Waals surface area contributed by atoms with Gasteiger partial charge in [-0.1, -0.05) is 15.9 Å². The van der Waals surface area contributed by atoms with E-state index in [0.717, 1.165) is 28.9 Å². The van der Waals surface area contributed by atoms with E-state index in [-0.39, 0.29) is 18.7 Å². The van der Waals surface area contributed by atoms with Gasteiger partial charge in [0.15, 0.2) is 0 Å². The lowest BCUT2D eigenvalue weighted by Gasteiger charge is -2.22. The zero-order chi connectivity index (χ0) is 14.5. The van der Waals surface area contributed by atoms with Crippen molar-refractivity contribution in [3.8, 4) is 0 Å². The molecule has 2 rings (SSSR count). The summed E-state index contributed by atoms with van der Waals surface area (Å²) >= 11 is 3.43. The standard InChI is InChI=1S/C14H20BrN3O2/c1-10(9-19)16-14(20)17-12-8-11(15)4-5-13(12)18-6-2-3-7-18/h4-5,8,10,19H,2-3,6-7,9H2,1H3,(H2,16,17,20)/t10-/m0/s1. The minimum atomic E-state index is -0.301. The minimum Gasteiger partial charge on any atom is -0.394 e. The normalized spacial score (nSPS) is 16.1. The summed E-state index contributed by atoms with van der Waals surface area (Å²) in [7, 11) is 0. The van der Waals surface area contributed by atoms with Crippen molar-refractivity contribution in [1.82, 2.24) is 5.32 Å². The van der Waals surface area contributed by atoms with E-state index in [1.807, 2.05) is 18.2 Å². The molecule has 6 heteroatoms. The maximum Gasteiger partial charge on any atom is 0.319 e. The molecule has 1 saturated heterocycles. The van der Waals surface area contributed by atoms with Gasteiger partial charge in [0.25, 0.3) is 0 Å². The fourth-order valence-electron chi connectivity index (χ4n) is 2.27. The van der Waals surface area contributed by atoms with Gasteiger partial charge in [-0.25, -0.2) is 4.79 Å². The van der Waals surface area contributed by atoms with Crippen LogP contribution in [-0.4, -0.2) is 36.9 Å². The molecule has 1 heterocycles. The van der Waals surface area contributed by atoms with Gasteiger partial charge in [-0.15, -0.1) is 0 Å². The Hall–Kier alpha value is -1.27. The second kappa shape index (κ2) is 6.95. The number of urea groups is 1. The Morgan fingerprint density at radius 2 is 2.15 bits per heavy atom. The lowest BCUT2D eigenvalue weighted by Crippen LogP contribution is -2.38. The fourth-order valence-corrected chi connectivity index (χ4v) is 2.63. The summed E-state index contributed by atoms with van der Waals surface area (Å²) in [5.41, 5.74) is 1.82. The Bertz CT molecular complexity index is 475. The number of carbonyl (C=O) groups is 1. The van der Waals surface area contributed by atoms with E-state index < -0.39 is 0 Å². The third-order valence-corrected chi connectivity index (χ3v) is 3.80. The summed E-state index contributed by atoms with van der Waals surface area (Å²) in [6.45, 7) is 3.71. The van der Waals surface area contributed by atoms with E-state index in [1.54, 1.807) is 6.92 Å². The second-order valence-corrected chi connectivity index (χ2v) is 5.95. The fraction of sp³-hybridized carbons (Fsp3) is 0.500. The molecule has 1 fully saturated rings. The average molecular weight is 342 g/mol. The van der Waals surface area contributed by atoms with Crippen molar-refractivity contribution in [2.45, 2.75) is 25.8 Å². The largest absolute Gasteiger partial charge is 0.394 e. The topological polar surface area (TPSA) is 64.6 Å². The molecule has 0 saturated carbocycles. The molecule has 110 valence electrons. The Kier molecular flexibility index (Phi) is 5.25. The number of benzene rings is 1. The van der Waals surface area contributed by atoms with Crippen LogP contribution in [0.1, 0.15) is 19.8 Å². The van der Waals surface area contributed by atoms with Crippen LogP contribution in [0.4, 0.5) is 16.2 Å². The summed E-state index contributed by atoms with van der Waals surface area (Å²) in [6, 6.07) is 5.33. The van der Waals surface area contributed by atoms with Gasteiger partial charge in [0, 0.05) is 17.6 Å². The summed E-state index contributed by atoms with van der Waals surface area (Å²) in [5.74, 6) is 0. The number of amides is 2. The number of halogens is 1. The Labute approximate surface area is 127 Å². The molecular weight excluding hydrogens is 322 g/mol. The summed E-state index contributed by atoms with van der Waals surface area (Å²) in [4.78, 5) is 14.2. The summed E-state index contributed by atoms with van der Waals surface area (Å²) in [6.07, 6.45) is 2.37. The number of nitrogens with one attached hydrogen (secondary N) is 2. The molecule has 1 atom stereocenters. The summed E-state index contributed by atoms with van der Waals surface area (Å²) < 4.78 is 0.922. The van der Waals surface area contributed by atoms with Crippen LogP contribution in [0.25, 0.3) is 0 Å². The number of rotatable bonds is 4. The third-order valence-electron chi connectivity index (χ3n) is 3.30. The van der Waals surface area contributed by atoms with Crippen LogP contribution in [0.15, 0.2) is 22.7 Å². The van der Waals surface area contributed by atoms with E-state index in [2.05, 4.69) is 31.5 Å². The summed E-state index contributed by atoms with van der Waals surface area (Å²) in [5, 5.41) is 14.5. The van der Waals surface area contributed by atoms with E-state index in [1.165, 1.54) is 12.8 Å². The maximum absolute atomic E-state index is 11.9. The highest BCUT2D eigenvalue weighted by Gasteiger charge is 2.17. The predicted octanol–water partition coefficient (Wildman–Crippen LogP) is 2.55. The van der Waals surface area contributed by atoms with Crippen molar-refractivity contribution in [2.75, 3.05) is 29.9 Å². The van der Waals surface area contributed by atoms with Gasteiger partial charge in [0.05, 0.1) is 24.0 Å².